The Labute approximate surface area is 198 Å². The van der Waals surface area contributed by atoms with Crippen molar-refractivity contribution >= 4 is 39.6 Å². The standard InChI is InChI=1S/C24H20ClN5O4/c1-13-2-4-16(11-17(13)23(31)32)34-24-27-19-12-18(25)21(28-22(19)29-24)15-3-5-20-14(10-15)6-7-30(20)8-9-33-26/h2-7,10-12H,8-9,26H2,1H3,(H,31,32)(H,27,28,29). The molecule has 0 saturated heterocycles. The van der Waals surface area contributed by atoms with Crippen molar-refractivity contribution in [3.8, 4) is 23.0 Å². The predicted octanol–water partition coefficient (Wildman–Crippen LogP) is 4.92. The predicted molar refractivity (Wildman–Crippen MR) is 128 cm³/mol. The molecule has 2 aromatic carbocycles. The number of nitrogens with zero attached hydrogens (tertiary/aromatic N) is 3. The summed E-state index contributed by atoms with van der Waals surface area (Å²) in [5.74, 6) is 4.47. The van der Waals surface area contributed by atoms with Crippen molar-refractivity contribution in [2.24, 2.45) is 5.90 Å². The van der Waals surface area contributed by atoms with Gasteiger partial charge in [0, 0.05) is 29.2 Å². The third kappa shape index (κ3) is 4.08. The van der Waals surface area contributed by atoms with Gasteiger partial charge in [0.1, 0.15) is 5.75 Å². The molecule has 0 aliphatic heterocycles. The van der Waals surface area contributed by atoms with Gasteiger partial charge in [-0.25, -0.2) is 15.7 Å². The van der Waals surface area contributed by atoms with Crippen molar-refractivity contribution in [2.45, 2.75) is 13.5 Å². The van der Waals surface area contributed by atoms with E-state index in [1.807, 2.05) is 30.5 Å². The monoisotopic (exact) mass is 477 g/mol. The topological polar surface area (TPSA) is 128 Å². The fourth-order valence-corrected chi connectivity index (χ4v) is 4.11. The Hall–Kier alpha value is -3.92. The number of pyridine rings is 1. The highest BCUT2D eigenvalue weighted by molar-refractivity contribution is 6.33. The zero-order chi connectivity index (χ0) is 23.8. The molecule has 10 heteroatoms. The maximum atomic E-state index is 11.4. The summed E-state index contributed by atoms with van der Waals surface area (Å²) in [6, 6.07) is 14.7. The summed E-state index contributed by atoms with van der Waals surface area (Å²) in [7, 11) is 0. The van der Waals surface area contributed by atoms with E-state index in [4.69, 9.17) is 22.2 Å². The van der Waals surface area contributed by atoms with Crippen molar-refractivity contribution in [3.63, 3.8) is 0 Å². The van der Waals surface area contributed by atoms with Crippen LogP contribution in [0, 0.1) is 6.92 Å². The molecule has 0 aliphatic carbocycles. The van der Waals surface area contributed by atoms with Crippen LogP contribution in [0.1, 0.15) is 15.9 Å². The Balaban J connectivity index is 1.47. The molecule has 34 heavy (non-hydrogen) atoms. The van der Waals surface area contributed by atoms with E-state index in [1.54, 1.807) is 25.1 Å². The molecule has 0 spiro atoms. The first kappa shape index (κ1) is 21.9. The second-order valence-electron chi connectivity index (χ2n) is 7.77. The number of H-pyrrole nitrogens is 1. The molecule has 5 rings (SSSR count). The van der Waals surface area contributed by atoms with E-state index in [0.29, 0.717) is 46.3 Å². The lowest BCUT2D eigenvalue weighted by molar-refractivity contribution is 0.0695. The number of benzene rings is 2. The third-order valence-corrected chi connectivity index (χ3v) is 5.84. The number of hydrogen-bond acceptors (Lipinski definition) is 6. The molecular weight excluding hydrogens is 458 g/mol. The lowest BCUT2D eigenvalue weighted by Crippen LogP contribution is -2.08. The highest BCUT2D eigenvalue weighted by Crippen LogP contribution is 2.32. The molecule has 3 heterocycles. The first-order valence-electron chi connectivity index (χ1n) is 10.4. The summed E-state index contributed by atoms with van der Waals surface area (Å²) < 4.78 is 7.81. The average molecular weight is 478 g/mol. The van der Waals surface area contributed by atoms with Gasteiger partial charge in [-0.15, -0.1) is 0 Å². The lowest BCUT2D eigenvalue weighted by Gasteiger charge is -2.06. The number of halogens is 1. The zero-order valence-electron chi connectivity index (χ0n) is 18.1. The minimum atomic E-state index is -1.02. The minimum absolute atomic E-state index is 0.164. The highest BCUT2D eigenvalue weighted by Gasteiger charge is 2.15. The van der Waals surface area contributed by atoms with Gasteiger partial charge in [-0.05, 0) is 48.9 Å². The number of nitrogens with one attached hydrogen (secondary N) is 1. The molecule has 0 bridgehead atoms. The quantitative estimate of drug-likeness (QED) is 0.284. The third-order valence-electron chi connectivity index (χ3n) is 5.55. The smallest absolute Gasteiger partial charge is 0.336 e. The second kappa shape index (κ2) is 8.79. The van der Waals surface area contributed by atoms with E-state index >= 15 is 0 Å². The van der Waals surface area contributed by atoms with E-state index in [2.05, 4.69) is 24.4 Å². The molecule has 172 valence electrons. The summed E-state index contributed by atoms with van der Waals surface area (Å²) >= 11 is 6.55. The molecule has 0 fully saturated rings. The molecular formula is C24H20ClN5O4. The largest absolute Gasteiger partial charge is 0.478 e. The first-order valence-corrected chi connectivity index (χ1v) is 10.8. The van der Waals surface area contributed by atoms with Gasteiger partial charge in [0.25, 0.3) is 0 Å². The number of aryl methyl sites for hydroxylation is 1. The SMILES string of the molecule is Cc1ccc(Oc2nc3nc(-c4ccc5c(ccn5CCON)c4)c(Cl)cc3[nH]2)cc1C(=O)O. The molecule has 9 nitrogen and oxygen atoms in total. The maximum absolute atomic E-state index is 11.4. The number of aromatic amines is 1. The molecule has 0 atom stereocenters. The summed E-state index contributed by atoms with van der Waals surface area (Å²) in [4.78, 5) is 28.1. The Morgan fingerprint density at radius 1 is 1.18 bits per heavy atom. The summed E-state index contributed by atoms with van der Waals surface area (Å²) in [6.45, 7) is 2.79. The Bertz CT molecular complexity index is 1540. The minimum Gasteiger partial charge on any atom is -0.478 e. The van der Waals surface area contributed by atoms with E-state index in [9.17, 15) is 9.90 Å². The van der Waals surface area contributed by atoms with Crippen LogP contribution in [0.15, 0.2) is 54.7 Å². The molecule has 0 aliphatic rings. The van der Waals surface area contributed by atoms with Crippen molar-refractivity contribution in [1.29, 1.82) is 0 Å². The number of fused-ring (bicyclic) bond motifs is 2. The zero-order valence-corrected chi connectivity index (χ0v) is 18.8. The molecule has 4 N–H and O–H groups in total. The van der Waals surface area contributed by atoms with Crippen molar-refractivity contribution in [1.82, 2.24) is 19.5 Å². The van der Waals surface area contributed by atoms with Crippen LogP contribution in [0.5, 0.6) is 11.8 Å². The molecule has 0 saturated carbocycles. The Kier molecular flexibility index (Phi) is 5.66. The molecule has 0 radical (unpaired) electrons. The van der Waals surface area contributed by atoms with Crippen LogP contribution in [0.4, 0.5) is 0 Å². The van der Waals surface area contributed by atoms with Gasteiger partial charge < -0.3 is 24.2 Å². The van der Waals surface area contributed by atoms with Crippen molar-refractivity contribution < 1.29 is 19.5 Å². The Morgan fingerprint density at radius 2 is 2.03 bits per heavy atom. The number of carboxylic acids is 1. The maximum Gasteiger partial charge on any atom is 0.336 e. The van der Waals surface area contributed by atoms with E-state index in [1.165, 1.54) is 6.07 Å². The fraction of sp³-hybridized carbons (Fsp3) is 0.125. The number of ether oxygens (including phenoxy) is 1. The Morgan fingerprint density at radius 3 is 2.82 bits per heavy atom. The number of nitrogens with two attached hydrogens (primary N) is 1. The number of carbonyl (C=O) groups is 1. The van der Waals surface area contributed by atoms with Gasteiger partial charge in [0.2, 0.25) is 0 Å². The van der Waals surface area contributed by atoms with Crippen molar-refractivity contribution in [3.05, 3.63) is 70.9 Å². The average Bonchev–Trinajstić information content (AvgIpc) is 3.40. The number of carboxylic acid groups (broad SMARTS) is 1. The van der Waals surface area contributed by atoms with Crippen molar-refractivity contribution in [2.75, 3.05) is 6.61 Å². The van der Waals surface area contributed by atoms with E-state index in [0.717, 1.165) is 16.5 Å². The van der Waals surface area contributed by atoms with Crippen LogP contribution < -0.4 is 10.6 Å². The van der Waals surface area contributed by atoms with Crippen LogP contribution in [0.2, 0.25) is 5.02 Å². The number of hydrogen-bond donors (Lipinski definition) is 3. The van der Waals surface area contributed by atoms with E-state index in [-0.39, 0.29) is 11.6 Å². The van der Waals surface area contributed by atoms with Crippen LogP contribution in [-0.4, -0.2) is 37.2 Å². The van der Waals surface area contributed by atoms with Gasteiger partial charge in [-0.2, -0.15) is 4.98 Å². The van der Waals surface area contributed by atoms with Gasteiger partial charge in [0.15, 0.2) is 5.65 Å². The molecule has 5 aromatic rings. The van der Waals surface area contributed by atoms with Gasteiger partial charge >= 0.3 is 12.0 Å². The molecule has 3 aromatic heterocycles. The normalized spacial score (nSPS) is 11.4. The van der Waals surface area contributed by atoms with Gasteiger partial charge in [0.05, 0.1) is 28.4 Å². The summed E-state index contributed by atoms with van der Waals surface area (Å²) in [6.07, 6.45) is 1.98. The van der Waals surface area contributed by atoms with E-state index < -0.39 is 5.97 Å². The van der Waals surface area contributed by atoms with Crippen LogP contribution in [0.3, 0.4) is 0 Å². The number of imidazole rings is 1. The first-order chi connectivity index (χ1) is 16.4. The van der Waals surface area contributed by atoms with Crippen LogP contribution in [0.25, 0.3) is 33.3 Å². The number of aromatic carboxylic acids is 1. The number of rotatable bonds is 7. The van der Waals surface area contributed by atoms with Crippen LogP contribution >= 0.6 is 11.6 Å². The number of aromatic nitrogens is 4. The second-order valence-corrected chi connectivity index (χ2v) is 8.18. The van der Waals surface area contributed by atoms with Gasteiger partial charge in [-0.1, -0.05) is 23.7 Å². The molecule has 0 amide bonds. The summed E-state index contributed by atoms with van der Waals surface area (Å²) in [5.41, 5.74) is 4.32. The highest BCUT2D eigenvalue weighted by atomic mass is 35.5. The summed E-state index contributed by atoms with van der Waals surface area (Å²) in [5, 5.41) is 10.8. The van der Waals surface area contributed by atoms with Gasteiger partial charge in [-0.3, -0.25) is 0 Å². The molecule has 0 unspecified atom stereocenters. The lowest BCUT2D eigenvalue weighted by atomic mass is 10.1. The van der Waals surface area contributed by atoms with Crippen LogP contribution in [-0.2, 0) is 11.4 Å². The fourth-order valence-electron chi connectivity index (χ4n) is 3.85.